The molecule has 1 aromatic rings. The molecule has 222 valence electrons. The Balaban J connectivity index is 2.15. The number of unbranched alkanes of at least 4 members (excludes halogenated alkanes) is 2. The first kappa shape index (κ1) is 33.3. The molecule has 8 nitrogen and oxygen atoms in total. The van der Waals surface area contributed by atoms with Crippen molar-refractivity contribution in [2.75, 3.05) is 19.8 Å². The summed E-state index contributed by atoms with van der Waals surface area (Å²) in [6.45, 7) is 17.3. The minimum Gasteiger partial charge on any atom is -0.464 e. The number of alkyl carbamates (subject to hydrolysis) is 1. The van der Waals surface area contributed by atoms with Crippen molar-refractivity contribution < 1.29 is 28.6 Å². The van der Waals surface area contributed by atoms with Gasteiger partial charge in [-0.3, -0.25) is 4.79 Å². The number of hydrogen-bond acceptors (Lipinski definition) is 6. The van der Waals surface area contributed by atoms with Gasteiger partial charge in [-0.05, 0) is 42.5 Å². The van der Waals surface area contributed by atoms with Crippen molar-refractivity contribution in [2.24, 2.45) is 0 Å². The Morgan fingerprint density at radius 1 is 1.15 bits per heavy atom. The Hall–Kier alpha value is -2.91. The van der Waals surface area contributed by atoms with Crippen LogP contribution in [0.4, 0.5) is 4.79 Å². The summed E-state index contributed by atoms with van der Waals surface area (Å²) in [6, 6.07) is 7.15. The predicted molar refractivity (Wildman–Crippen MR) is 162 cm³/mol. The predicted octanol–water partition coefficient (Wildman–Crippen LogP) is 5.95. The number of nitrogens with one attached hydrogen (secondary N) is 1. The third kappa shape index (κ3) is 11.7. The maximum Gasteiger partial charge on any atom is 0.407 e. The van der Waals surface area contributed by atoms with Crippen molar-refractivity contribution >= 4 is 32.1 Å². The summed E-state index contributed by atoms with van der Waals surface area (Å²) in [5, 5.41) is 2.74. The number of amides is 2. The summed E-state index contributed by atoms with van der Waals surface area (Å²) in [5.74, 6) is -0.740. The van der Waals surface area contributed by atoms with Gasteiger partial charge in [-0.1, -0.05) is 76.3 Å². The summed E-state index contributed by atoms with van der Waals surface area (Å²) in [4.78, 5) is 41.0. The van der Waals surface area contributed by atoms with Gasteiger partial charge >= 0.3 is 12.1 Å². The van der Waals surface area contributed by atoms with Crippen molar-refractivity contribution in [3.63, 3.8) is 0 Å². The second-order valence-electron chi connectivity index (χ2n) is 11.5. The highest BCUT2D eigenvalue weighted by Crippen LogP contribution is 2.25. The topological polar surface area (TPSA) is 94.2 Å². The first-order chi connectivity index (χ1) is 19.1. The van der Waals surface area contributed by atoms with Gasteiger partial charge in [0.05, 0.1) is 25.9 Å². The monoisotopic (exact) mass is 572 g/mol. The highest BCUT2D eigenvalue weighted by atomic mass is 28.3. The number of allylic oxidation sites excluding steroid dienone is 1. The van der Waals surface area contributed by atoms with Crippen LogP contribution in [0.1, 0.15) is 56.6 Å². The molecule has 0 aromatic heterocycles. The van der Waals surface area contributed by atoms with E-state index in [1.165, 1.54) is 4.90 Å². The number of benzene rings is 1. The van der Waals surface area contributed by atoms with Crippen molar-refractivity contribution in [3.8, 4) is 0 Å². The molecule has 0 spiro atoms. The average Bonchev–Trinajstić information content (AvgIpc) is 3.35. The fourth-order valence-electron chi connectivity index (χ4n) is 4.41. The Morgan fingerprint density at radius 3 is 2.60 bits per heavy atom. The molecule has 1 aliphatic heterocycles. The van der Waals surface area contributed by atoms with Gasteiger partial charge in [0.25, 0.3) is 0 Å². The molecule has 1 N–H and O–H groups in total. The molecule has 0 unspecified atom stereocenters. The van der Waals surface area contributed by atoms with Crippen LogP contribution in [0.3, 0.4) is 0 Å². The zero-order valence-corrected chi connectivity index (χ0v) is 25.8. The van der Waals surface area contributed by atoms with E-state index in [1.807, 2.05) is 31.2 Å². The number of rotatable bonds is 17. The molecule has 1 saturated heterocycles. The lowest BCUT2D eigenvalue weighted by Gasteiger charge is -2.28. The summed E-state index contributed by atoms with van der Waals surface area (Å²) in [5.41, 5.74) is 1.98. The molecule has 9 heteroatoms. The van der Waals surface area contributed by atoms with E-state index in [9.17, 15) is 14.4 Å². The van der Waals surface area contributed by atoms with Gasteiger partial charge in [-0.25, -0.2) is 9.59 Å². The normalized spacial score (nSPS) is 17.6. The van der Waals surface area contributed by atoms with Gasteiger partial charge in [-0.15, -0.1) is 6.58 Å². The molecule has 0 radical (unpaired) electrons. The molecule has 0 aliphatic carbocycles. The van der Waals surface area contributed by atoms with Crippen LogP contribution in [0.25, 0.3) is 6.08 Å². The van der Waals surface area contributed by atoms with E-state index in [0.29, 0.717) is 32.5 Å². The molecule has 1 aliphatic rings. The Labute approximate surface area is 241 Å². The first-order valence-electron chi connectivity index (χ1n) is 14.4. The van der Waals surface area contributed by atoms with Crippen molar-refractivity contribution in [1.29, 1.82) is 0 Å². The third-order valence-corrected chi connectivity index (χ3v) is 8.51. The zero-order chi connectivity index (χ0) is 29.5. The van der Waals surface area contributed by atoms with Crippen LogP contribution in [0.5, 0.6) is 0 Å². The molecular weight excluding hydrogens is 524 g/mol. The maximum absolute atomic E-state index is 13.8. The molecule has 0 saturated carbocycles. The van der Waals surface area contributed by atoms with Crippen LogP contribution < -0.4 is 5.32 Å². The second kappa shape index (κ2) is 17.0. The van der Waals surface area contributed by atoms with Gasteiger partial charge in [-0.2, -0.15) is 0 Å². The van der Waals surface area contributed by atoms with Crippen LogP contribution in [-0.2, 0) is 30.4 Å². The van der Waals surface area contributed by atoms with Gasteiger partial charge in [0.1, 0.15) is 12.1 Å². The largest absolute Gasteiger partial charge is 0.464 e. The lowest BCUT2D eigenvalue weighted by atomic mass is 10.1. The SMILES string of the molecule is C=CCCCOC(=O)N[C@@H](CCCC)C(=O)N1C[C@H](OCc2cccc(C=C)c2)C[C@H]1C(=O)OCC[Si](C)(C)C. The van der Waals surface area contributed by atoms with Crippen LogP contribution in [0.15, 0.2) is 43.5 Å². The zero-order valence-electron chi connectivity index (χ0n) is 24.8. The highest BCUT2D eigenvalue weighted by Gasteiger charge is 2.43. The molecule has 1 aromatic carbocycles. The standard InChI is InChI=1S/C31H48N2O6Si/c1-7-10-12-17-38-31(36)32-27(16-11-8-2)29(34)33-22-26(39-23-25-15-13-14-24(9-3)20-25)21-28(33)30(35)37-18-19-40(4,5)6/h7,9,13-15,20,26-28H,1,3,8,10-12,16-19,21-23H2,2,4-6H3,(H,32,36)/t26-,27+,28+/m1/s1. The van der Waals surface area contributed by atoms with Gasteiger partial charge < -0.3 is 24.4 Å². The van der Waals surface area contributed by atoms with E-state index in [4.69, 9.17) is 14.2 Å². The lowest BCUT2D eigenvalue weighted by Crippen LogP contribution is -2.52. The smallest absolute Gasteiger partial charge is 0.407 e. The van der Waals surface area contributed by atoms with Crippen LogP contribution in [0, 0.1) is 0 Å². The van der Waals surface area contributed by atoms with Gasteiger partial charge in [0, 0.05) is 21.0 Å². The molecule has 1 heterocycles. The minimum atomic E-state index is -1.40. The number of carbonyl (C=O) groups excluding carboxylic acids is 3. The number of ether oxygens (including phenoxy) is 3. The summed E-state index contributed by atoms with van der Waals surface area (Å²) < 4.78 is 17.1. The molecule has 40 heavy (non-hydrogen) atoms. The average molecular weight is 573 g/mol. The van der Waals surface area contributed by atoms with E-state index >= 15 is 0 Å². The third-order valence-electron chi connectivity index (χ3n) is 6.81. The fourth-order valence-corrected chi connectivity index (χ4v) is 5.12. The van der Waals surface area contributed by atoms with Crippen molar-refractivity contribution in [3.05, 3.63) is 54.6 Å². The van der Waals surface area contributed by atoms with Crippen LogP contribution >= 0.6 is 0 Å². The lowest BCUT2D eigenvalue weighted by molar-refractivity contribution is -0.153. The molecule has 1 fully saturated rings. The molecule has 2 amide bonds. The molecular formula is C31H48N2O6Si. The maximum atomic E-state index is 13.8. The number of esters is 1. The summed E-state index contributed by atoms with van der Waals surface area (Å²) >= 11 is 0. The van der Waals surface area contributed by atoms with Crippen molar-refractivity contribution in [1.82, 2.24) is 10.2 Å². The summed E-state index contributed by atoms with van der Waals surface area (Å²) in [6.07, 6.45) is 6.35. The van der Waals surface area contributed by atoms with Crippen LogP contribution in [0.2, 0.25) is 25.7 Å². The van der Waals surface area contributed by atoms with E-state index in [2.05, 4.69) is 38.1 Å². The first-order valence-corrected chi connectivity index (χ1v) is 18.1. The van der Waals surface area contributed by atoms with E-state index in [0.717, 1.165) is 36.4 Å². The minimum absolute atomic E-state index is 0.241. The number of carbonyl (C=O) groups is 3. The van der Waals surface area contributed by atoms with E-state index in [-0.39, 0.29) is 25.2 Å². The number of likely N-dealkylation sites (tertiary alicyclic amines) is 1. The quantitative estimate of drug-likeness (QED) is 0.107. The Kier molecular flexibility index (Phi) is 14.2. The molecule has 2 rings (SSSR count). The Bertz CT molecular complexity index is 992. The van der Waals surface area contributed by atoms with Crippen molar-refractivity contribution in [2.45, 2.75) is 95.9 Å². The van der Waals surface area contributed by atoms with E-state index < -0.39 is 32.2 Å². The van der Waals surface area contributed by atoms with Crippen LogP contribution in [-0.4, -0.2) is 68.9 Å². The fraction of sp³-hybridized carbons (Fsp3) is 0.581. The number of nitrogens with zero attached hydrogens (tertiary/aromatic N) is 1. The van der Waals surface area contributed by atoms with E-state index in [1.54, 1.807) is 12.2 Å². The second-order valence-corrected chi connectivity index (χ2v) is 17.1. The summed E-state index contributed by atoms with van der Waals surface area (Å²) in [7, 11) is -1.40. The highest BCUT2D eigenvalue weighted by molar-refractivity contribution is 6.76. The van der Waals surface area contributed by atoms with Gasteiger partial charge in [0.15, 0.2) is 0 Å². The molecule has 0 bridgehead atoms. The van der Waals surface area contributed by atoms with Gasteiger partial charge in [0.2, 0.25) is 5.91 Å². The molecule has 3 atom stereocenters. The Morgan fingerprint density at radius 2 is 1.93 bits per heavy atom. The number of hydrogen-bond donors (Lipinski definition) is 1.